The number of imidazole rings is 1. The number of aliphatic hydroxyl groups is 1. The molecule has 2 aliphatic heterocycles. The first-order chi connectivity index (χ1) is 40.3. The van der Waals surface area contributed by atoms with Crippen LogP contribution in [0.2, 0.25) is 10.0 Å². The number of likely N-dealkylation sites (tertiary alicyclic amines) is 2. The summed E-state index contributed by atoms with van der Waals surface area (Å²) in [7, 11) is 1.70. The van der Waals surface area contributed by atoms with Crippen LogP contribution in [-0.2, 0) is 25.0 Å². The number of piperidine rings is 2. The van der Waals surface area contributed by atoms with Gasteiger partial charge in [0.2, 0.25) is 5.95 Å². The van der Waals surface area contributed by atoms with Crippen LogP contribution in [0, 0.1) is 11.6 Å². The third kappa shape index (κ3) is 20.8. The Morgan fingerprint density at radius 1 is 0.651 bits per heavy atom. The maximum Gasteiger partial charge on any atom is 0.204 e. The lowest BCUT2D eigenvalue weighted by Gasteiger charge is -2.38. The third-order valence-electron chi connectivity index (χ3n) is 17.2. The van der Waals surface area contributed by atoms with Gasteiger partial charge in [-0.2, -0.15) is 0 Å². The molecule has 13 heteroatoms. The zero-order valence-electron chi connectivity index (χ0n) is 49.8. The number of methoxy groups -OCH3 is 1. The summed E-state index contributed by atoms with van der Waals surface area (Å²) in [6, 6.07) is 45.1. The number of aromatic nitrogens is 2. The van der Waals surface area contributed by atoms with Crippen molar-refractivity contribution in [2.24, 2.45) is 0 Å². The summed E-state index contributed by atoms with van der Waals surface area (Å²) in [5, 5.41) is 16.1. The number of hydrogen-bond donors (Lipinski definition) is 2. The van der Waals surface area contributed by atoms with E-state index in [4.69, 9.17) is 32.9 Å². The zero-order chi connectivity index (χ0) is 58.9. The fraction of sp³-hybridized carbons (Fsp3) is 0.457. The van der Waals surface area contributed by atoms with E-state index in [1.54, 1.807) is 7.11 Å². The smallest absolute Gasteiger partial charge is 0.204 e. The average molecular weight is 1170 g/mol. The van der Waals surface area contributed by atoms with E-state index >= 15 is 0 Å². The first-order valence-corrected chi connectivity index (χ1v) is 31.5. The Labute approximate surface area is 504 Å². The molecule has 0 radical (unpaired) electrons. The van der Waals surface area contributed by atoms with E-state index < -0.39 is 5.60 Å². The maximum absolute atomic E-state index is 13.4. The molecule has 2 saturated heterocycles. The van der Waals surface area contributed by atoms with Gasteiger partial charge in [0, 0.05) is 60.8 Å². The molecule has 2 N–H and O–H groups in total. The molecule has 2 fully saturated rings. The number of unbranched alkanes of at least 4 members (excludes halogenated alkanes) is 5. The van der Waals surface area contributed by atoms with Crippen LogP contribution in [0.5, 0.6) is 5.75 Å². The lowest BCUT2D eigenvalue weighted by Crippen LogP contribution is -2.49. The summed E-state index contributed by atoms with van der Waals surface area (Å²) in [5.41, 5.74) is 6.55. The van der Waals surface area contributed by atoms with Crippen LogP contribution in [0.4, 0.5) is 14.7 Å². The van der Waals surface area contributed by atoms with Crippen LogP contribution in [0.25, 0.3) is 11.0 Å². The van der Waals surface area contributed by atoms with Crippen LogP contribution in [0.1, 0.15) is 137 Å². The van der Waals surface area contributed by atoms with Crippen molar-refractivity contribution in [1.29, 1.82) is 0 Å². The standard InChI is InChI=1S/C28H31FN4O.C21H23ClFNO2.C21H37ClN/c1-34-25-12-8-21(9-13-25)14-17-32-18-15-24(16-19-32)30-28-31-26-4-2-3-5-27(26)33(28)20-22-6-10-23(29)11-7-22;22-18-7-5-17(6-8-18)21(26)11-14-24(15-12-21)13-1-2-20(25)16-3-9-19(23)10-4-16;1-4-7-8-9-11-18-23(5-2,6-3)19-12-10-13-20-14-16-21(22)17-15-20/h2-13,24H,14-20H2,1H3,(H,30,31);3-10,26H,1-2,11-15H2;14-17H,4-13,18-19H2,1-3H3/q;;+1. The number of halogens is 4. The van der Waals surface area contributed by atoms with Gasteiger partial charge >= 0.3 is 0 Å². The molecule has 9 nitrogen and oxygen atoms in total. The highest BCUT2D eigenvalue weighted by molar-refractivity contribution is 6.30. The number of fused-ring (bicyclic) bond motifs is 1. The molecule has 0 bridgehead atoms. The Bertz CT molecular complexity index is 2960. The van der Waals surface area contributed by atoms with Crippen molar-refractivity contribution < 1.29 is 27.9 Å². The molecule has 3 heterocycles. The van der Waals surface area contributed by atoms with Crippen LogP contribution < -0.4 is 10.1 Å². The van der Waals surface area contributed by atoms with E-state index in [2.05, 4.69) is 70.8 Å². The summed E-state index contributed by atoms with van der Waals surface area (Å²) < 4.78 is 35.1. The van der Waals surface area contributed by atoms with E-state index in [0.717, 1.165) is 104 Å². The lowest BCUT2D eigenvalue weighted by atomic mass is 9.84. The quantitative estimate of drug-likeness (QED) is 0.0302. The van der Waals surface area contributed by atoms with Gasteiger partial charge in [-0.15, -0.1) is 0 Å². The van der Waals surface area contributed by atoms with Gasteiger partial charge in [0.25, 0.3) is 0 Å². The number of ether oxygens (including phenoxy) is 1. The SMILES string of the molecule is CCCCCCC[N+](CC)(CC)CCCCc1ccc(Cl)cc1.COc1ccc(CCN2CCC(Nc3nc4ccccc4n3Cc3ccc(F)cc3)CC2)cc1.O=C(CCCN1CCC(O)(c2ccc(Cl)cc2)CC1)c1ccc(F)cc1. The van der Waals surface area contributed by atoms with E-state index in [9.17, 15) is 18.7 Å². The summed E-state index contributed by atoms with van der Waals surface area (Å²) in [6.07, 6.45) is 16.5. The van der Waals surface area contributed by atoms with Crippen molar-refractivity contribution in [2.75, 3.05) is 77.9 Å². The number of quaternary nitrogens is 1. The molecule has 0 aliphatic carbocycles. The number of anilines is 1. The molecule has 0 saturated carbocycles. The number of carbonyl (C=O) groups excluding carboxylic acids is 1. The molecule has 83 heavy (non-hydrogen) atoms. The van der Waals surface area contributed by atoms with E-state index in [1.165, 1.54) is 130 Å². The number of para-hydroxylation sites is 2. The third-order valence-corrected chi connectivity index (χ3v) is 17.7. The normalized spacial score (nSPS) is 14.8. The summed E-state index contributed by atoms with van der Waals surface area (Å²) >= 11 is 11.9. The van der Waals surface area contributed by atoms with Crippen LogP contribution in [0.3, 0.4) is 0 Å². The fourth-order valence-corrected chi connectivity index (χ4v) is 11.8. The molecule has 446 valence electrons. The summed E-state index contributed by atoms with van der Waals surface area (Å²) in [6.45, 7) is 18.6. The number of hydrogen-bond acceptors (Lipinski definition) is 7. The van der Waals surface area contributed by atoms with Crippen LogP contribution in [0.15, 0.2) is 146 Å². The van der Waals surface area contributed by atoms with E-state index in [-0.39, 0.29) is 17.4 Å². The predicted octanol–water partition coefficient (Wildman–Crippen LogP) is 16.3. The van der Waals surface area contributed by atoms with Crippen molar-refractivity contribution in [2.45, 2.75) is 135 Å². The minimum absolute atomic E-state index is 0.0414. The summed E-state index contributed by atoms with van der Waals surface area (Å²) in [5.74, 6) is 1.29. The van der Waals surface area contributed by atoms with E-state index in [0.29, 0.717) is 42.4 Å². The fourth-order valence-electron chi connectivity index (χ4n) is 11.6. The Morgan fingerprint density at radius 3 is 1.83 bits per heavy atom. The van der Waals surface area contributed by atoms with Gasteiger partial charge in [-0.05, 0) is 198 Å². The monoisotopic (exact) mass is 1170 g/mol. The highest BCUT2D eigenvalue weighted by Gasteiger charge is 2.34. The first kappa shape index (κ1) is 64.9. The number of nitrogens with one attached hydrogen (secondary N) is 1. The largest absolute Gasteiger partial charge is 0.497 e. The Balaban J connectivity index is 0.000000184. The predicted molar refractivity (Wildman–Crippen MR) is 340 cm³/mol. The molecule has 0 atom stereocenters. The molecule has 0 unspecified atom stereocenters. The molecule has 0 amide bonds. The molecule has 6 aromatic carbocycles. The van der Waals surface area contributed by atoms with Crippen molar-refractivity contribution in [1.82, 2.24) is 19.4 Å². The number of rotatable bonds is 27. The van der Waals surface area contributed by atoms with Gasteiger partial charge in [0.1, 0.15) is 17.4 Å². The van der Waals surface area contributed by atoms with Gasteiger partial charge in [0.05, 0.1) is 56.5 Å². The highest BCUT2D eigenvalue weighted by atomic mass is 35.5. The average Bonchev–Trinajstić information content (AvgIpc) is 3.92. The number of Topliss-reactive ketones (excluding diaryl/α,β-unsaturated/α-hetero) is 1. The Hall–Kier alpha value is -5.66. The zero-order valence-corrected chi connectivity index (χ0v) is 51.3. The number of carbonyl (C=O) groups is 1. The molecular weight excluding hydrogens is 1080 g/mol. The molecular formula is C70H91Cl2F2N6O3+. The van der Waals surface area contributed by atoms with Gasteiger partial charge < -0.3 is 34.0 Å². The van der Waals surface area contributed by atoms with Crippen LogP contribution in [-0.4, -0.2) is 113 Å². The maximum atomic E-state index is 13.4. The molecule has 2 aliphatic rings. The molecule has 9 rings (SSSR count). The molecule has 1 aromatic heterocycles. The van der Waals surface area contributed by atoms with Gasteiger partial charge in [-0.1, -0.05) is 110 Å². The van der Waals surface area contributed by atoms with Crippen molar-refractivity contribution in [3.63, 3.8) is 0 Å². The number of benzene rings is 6. The number of ketones is 1. The summed E-state index contributed by atoms with van der Waals surface area (Å²) in [4.78, 5) is 21.8. The lowest BCUT2D eigenvalue weighted by molar-refractivity contribution is -0.925. The van der Waals surface area contributed by atoms with Crippen LogP contribution >= 0.6 is 23.2 Å². The topological polar surface area (TPSA) is 82.9 Å². The second-order valence-corrected chi connectivity index (χ2v) is 23.7. The minimum atomic E-state index is -0.801. The number of aryl methyl sites for hydroxylation is 1. The van der Waals surface area contributed by atoms with Crippen molar-refractivity contribution >= 4 is 46.0 Å². The minimum Gasteiger partial charge on any atom is -0.497 e. The second-order valence-electron chi connectivity index (χ2n) is 22.8. The van der Waals surface area contributed by atoms with Gasteiger partial charge in [0.15, 0.2) is 5.78 Å². The second kappa shape index (κ2) is 33.7. The molecule has 0 spiro atoms. The highest BCUT2D eigenvalue weighted by Crippen LogP contribution is 2.34. The Kier molecular flexibility index (Phi) is 26.4. The number of nitrogens with zero attached hydrogens (tertiary/aromatic N) is 5. The first-order valence-electron chi connectivity index (χ1n) is 30.7. The Morgan fingerprint density at radius 2 is 1.20 bits per heavy atom. The molecule has 7 aromatic rings. The van der Waals surface area contributed by atoms with E-state index in [1.807, 2.05) is 78.9 Å². The van der Waals surface area contributed by atoms with Crippen molar-refractivity contribution in [3.05, 3.63) is 195 Å². The van der Waals surface area contributed by atoms with Gasteiger partial charge in [-0.3, -0.25) is 4.79 Å². The van der Waals surface area contributed by atoms with Crippen molar-refractivity contribution in [3.8, 4) is 5.75 Å². The van der Waals surface area contributed by atoms with Gasteiger partial charge in [-0.25, -0.2) is 13.8 Å².